The molecule has 1 aliphatic heterocycles. The van der Waals surface area contributed by atoms with Crippen LogP contribution < -0.4 is 14.8 Å². The highest BCUT2D eigenvalue weighted by Crippen LogP contribution is 2.25. The Bertz CT molecular complexity index is 625. The molecule has 1 heterocycles. The minimum absolute atomic E-state index is 0.425. The monoisotopic (exact) mass is 283 g/mol. The first-order chi connectivity index (χ1) is 10.3. The maximum Gasteiger partial charge on any atom is 0.412 e. The summed E-state index contributed by atoms with van der Waals surface area (Å²) in [6, 6.07) is 15.2. The number of nitrogens with one attached hydrogen (secondary N) is 1. The molecule has 3 rings (SSSR count). The maximum absolute atomic E-state index is 11.6. The van der Waals surface area contributed by atoms with Crippen molar-refractivity contribution in [2.75, 3.05) is 13.2 Å². The van der Waals surface area contributed by atoms with Crippen LogP contribution in [-0.2, 0) is 12.8 Å². The molecule has 0 radical (unpaired) electrons. The molecule has 0 unspecified atom stereocenters. The van der Waals surface area contributed by atoms with E-state index in [1.165, 1.54) is 11.1 Å². The van der Waals surface area contributed by atoms with Crippen LogP contribution in [0.4, 0.5) is 4.79 Å². The van der Waals surface area contributed by atoms with E-state index in [9.17, 15) is 4.79 Å². The van der Waals surface area contributed by atoms with Crippen molar-refractivity contribution in [1.82, 2.24) is 5.32 Å². The van der Waals surface area contributed by atoms with Crippen LogP contribution in [0, 0.1) is 0 Å². The van der Waals surface area contributed by atoms with Gasteiger partial charge in [0, 0.05) is 13.0 Å². The molecule has 21 heavy (non-hydrogen) atoms. The van der Waals surface area contributed by atoms with Gasteiger partial charge in [-0.2, -0.15) is 0 Å². The standard InChI is InChI=1S/C17H17NO3/c19-17(21-15-4-2-1-3-5-15)18-10-8-13-6-7-16-14(12-13)9-11-20-16/h1-7,12H,8-11H2,(H,18,19). The number of carbonyl (C=O) groups excluding carboxylic acids is 1. The van der Waals surface area contributed by atoms with Crippen LogP contribution in [0.25, 0.3) is 0 Å². The fourth-order valence-electron chi connectivity index (χ4n) is 2.34. The number of amides is 1. The summed E-state index contributed by atoms with van der Waals surface area (Å²) in [6.45, 7) is 1.31. The van der Waals surface area contributed by atoms with E-state index < -0.39 is 6.09 Å². The minimum Gasteiger partial charge on any atom is -0.493 e. The lowest BCUT2D eigenvalue weighted by molar-refractivity contribution is 0.200. The molecule has 0 spiro atoms. The summed E-state index contributed by atoms with van der Waals surface area (Å²) in [5.41, 5.74) is 2.44. The van der Waals surface area contributed by atoms with Gasteiger partial charge in [-0.25, -0.2) is 4.79 Å². The average molecular weight is 283 g/mol. The van der Waals surface area contributed by atoms with E-state index in [1.807, 2.05) is 30.3 Å². The molecule has 1 amide bonds. The largest absolute Gasteiger partial charge is 0.493 e. The third kappa shape index (κ3) is 3.54. The molecule has 4 heteroatoms. The Morgan fingerprint density at radius 1 is 1.19 bits per heavy atom. The van der Waals surface area contributed by atoms with Crippen molar-refractivity contribution >= 4 is 6.09 Å². The molecule has 0 fully saturated rings. The van der Waals surface area contributed by atoms with Crippen LogP contribution in [0.1, 0.15) is 11.1 Å². The molecule has 0 saturated carbocycles. The number of ether oxygens (including phenoxy) is 2. The predicted octanol–water partition coefficient (Wildman–Crippen LogP) is 2.95. The second kappa shape index (κ2) is 6.31. The van der Waals surface area contributed by atoms with Gasteiger partial charge in [0.1, 0.15) is 11.5 Å². The first-order valence-corrected chi connectivity index (χ1v) is 7.06. The third-order valence-electron chi connectivity index (χ3n) is 3.39. The maximum atomic E-state index is 11.6. The van der Waals surface area contributed by atoms with Gasteiger partial charge >= 0.3 is 6.09 Å². The minimum atomic E-state index is -0.425. The van der Waals surface area contributed by atoms with Crippen LogP contribution >= 0.6 is 0 Å². The van der Waals surface area contributed by atoms with E-state index in [-0.39, 0.29) is 0 Å². The Hall–Kier alpha value is -2.49. The molecule has 0 bridgehead atoms. The molecule has 0 saturated heterocycles. The second-order valence-electron chi connectivity index (χ2n) is 4.92. The number of hydrogen-bond acceptors (Lipinski definition) is 3. The van der Waals surface area contributed by atoms with Crippen molar-refractivity contribution in [2.45, 2.75) is 12.8 Å². The van der Waals surface area contributed by atoms with Crippen molar-refractivity contribution in [3.8, 4) is 11.5 Å². The van der Waals surface area contributed by atoms with Gasteiger partial charge < -0.3 is 14.8 Å². The van der Waals surface area contributed by atoms with Crippen molar-refractivity contribution in [3.63, 3.8) is 0 Å². The van der Waals surface area contributed by atoms with Crippen LogP contribution in [0.15, 0.2) is 48.5 Å². The zero-order chi connectivity index (χ0) is 14.5. The lowest BCUT2D eigenvalue weighted by atomic mass is 10.1. The van der Waals surface area contributed by atoms with E-state index in [2.05, 4.69) is 11.4 Å². The lowest BCUT2D eigenvalue weighted by Gasteiger charge is -2.07. The number of rotatable bonds is 4. The van der Waals surface area contributed by atoms with Gasteiger partial charge in [-0.1, -0.05) is 30.3 Å². The molecular weight excluding hydrogens is 266 g/mol. The van der Waals surface area contributed by atoms with Crippen LogP contribution in [-0.4, -0.2) is 19.2 Å². The number of hydrogen-bond donors (Lipinski definition) is 1. The molecule has 4 nitrogen and oxygen atoms in total. The Balaban J connectivity index is 1.46. The zero-order valence-electron chi connectivity index (χ0n) is 11.7. The summed E-state index contributed by atoms with van der Waals surface area (Å²) in [5, 5.41) is 2.75. The molecule has 0 aliphatic carbocycles. The highest BCUT2D eigenvalue weighted by atomic mass is 16.6. The molecule has 0 atom stereocenters. The quantitative estimate of drug-likeness (QED) is 0.938. The second-order valence-corrected chi connectivity index (χ2v) is 4.92. The number of benzene rings is 2. The summed E-state index contributed by atoms with van der Waals surface area (Å²) in [5.74, 6) is 1.53. The van der Waals surface area contributed by atoms with Gasteiger partial charge in [-0.15, -0.1) is 0 Å². The predicted molar refractivity (Wildman–Crippen MR) is 79.8 cm³/mol. The Kier molecular flexibility index (Phi) is 4.05. The summed E-state index contributed by atoms with van der Waals surface area (Å²) in [7, 11) is 0. The zero-order valence-corrected chi connectivity index (χ0v) is 11.7. The fraction of sp³-hybridized carbons (Fsp3) is 0.235. The number of carbonyl (C=O) groups is 1. The van der Waals surface area contributed by atoms with E-state index in [1.54, 1.807) is 12.1 Å². The van der Waals surface area contributed by atoms with Crippen molar-refractivity contribution in [3.05, 3.63) is 59.7 Å². The summed E-state index contributed by atoms with van der Waals surface area (Å²) in [4.78, 5) is 11.6. The smallest absolute Gasteiger partial charge is 0.412 e. The topological polar surface area (TPSA) is 47.6 Å². The van der Waals surface area contributed by atoms with Gasteiger partial charge in [0.15, 0.2) is 0 Å². The molecule has 0 aromatic heterocycles. The van der Waals surface area contributed by atoms with Crippen molar-refractivity contribution in [1.29, 1.82) is 0 Å². The van der Waals surface area contributed by atoms with Gasteiger partial charge in [-0.3, -0.25) is 0 Å². The summed E-state index contributed by atoms with van der Waals surface area (Å²) < 4.78 is 10.6. The normalized spacial score (nSPS) is 12.4. The Morgan fingerprint density at radius 2 is 2.05 bits per heavy atom. The van der Waals surface area contributed by atoms with Gasteiger partial charge in [0.05, 0.1) is 6.61 Å². The fourth-order valence-corrected chi connectivity index (χ4v) is 2.34. The first kappa shape index (κ1) is 13.5. The molecular formula is C17H17NO3. The van der Waals surface area contributed by atoms with Gasteiger partial charge in [-0.05, 0) is 35.7 Å². The molecule has 2 aromatic carbocycles. The average Bonchev–Trinajstić information content (AvgIpc) is 2.96. The SMILES string of the molecule is O=C(NCCc1ccc2c(c1)CCO2)Oc1ccccc1. The Morgan fingerprint density at radius 3 is 2.90 bits per heavy atom. The lowest BCUT2D eigenvalue weighted by Crippen LogP contribution is -2.28. The number of para-hydroxylation sites is 1. The van der Waals surface area contributed by atoms with Crippen LogP contribution in [0.5, 0.6) is 11.5 Å². The number of fused-ring (bicyclic) bond motifs is 1. The molecule has 1 aliphatic rings. The molecule has 1 N–H and O–H groups in total. The van der Waals surface area contributed by atoms with Crippen molar-refractivity contribution in [2.24, 2.45) is 0 Å². The van der Waals surface area contributed by atoms with E-state index in [0.717, 1.165) is 25.2 Å². The van der Waals surface area contributed by atoms with Gasteiger partial charge in [0.2, 0.25) is 0 Å². The van der Waals surface area contributed by atoms with Crippen molar-refractivity contribution < 1.29 is 14.3 Å². The van der Waals surface area contributed by atoms with E-state index >= 15 is 0 Å². The van der Waals surface area contributed by atoms with E-state index in [0.29, 0.717) is 12.3 Å². The van der Waals surface area contributed by atoms with E-state index in [4.69, 9.17) is 9.47 Å². The summed E-state index contributed by atoms with van der Waals surface area (Å²) in [6.07, 6.45) is 1.31. The Labute approximate surface area is 123 Å². The third-order valence-corrected chi connectivity index (χ3v) is 3.39. The van der Waals surface area contributed by atoms with Gasteiger partial charge in [0.25, 0.3) is 0 Å². The summed E-state index contributed by atoms with van der Waals surface area (Å²) >= 11 is 0. The highest BCUT2D eigenvalue weighted by molar-refractivity contribution is 5.70. The first-order valence-electron chi connectivity index (χ1n) is 7.06. The van der Waals surface area contributed by atoms with Crippen LogP contribution in [0.3, 0.4) is 0 Å². The highest BCUT2D eigenvalue weighted by Gasteiger charge is 2.12. The molecule has 108 valence electrons. The van der Waals surface area contributed by atoms with Crippen LogP contribution in [0.2, 0.25) is 0 Å². The molecule has 2 aromatic rings.